The SMILES string of the molecule is C=C(/C=C\NN)OCCC1(C(F)(F)F)CC1. The molecule has 0 aromatic heterocycles. The molecule has 1 saturated carbocycles. The predicted molar refractivity (Wildman–Crippen MR) is 53.9 cm³/mol. The van der Waals surface area contributed by atoms with Crippen LogP contribution in [-0.4, -0.2) is 12.8 Å². The van der Waals surface area contributed by atoms with Crippen LogP contribution in [0.25, 0.3) is 0 Å². The number of halogens is 3. The summed E-state index contributed by atoms with van der Waals surface area (Å²) in [6.45, 7) is 3.53. The fraction of sp³-hybridized carbons (Fsp3) is 0.600. The molecule has 0 aliphatic heterocycles. The fourth-order valence-electron chi connectivity index (χ4n) is 1.39. The summed E-state index contributed by atoms with van der Waals surface area (Å²) >= 11 is 0. The molecule has 3 N–H and O–H groups in total. The molecule has 6 heteroatoms. The van der Waals surface area contributed by atoms with E-state index in [1.54, 1.807) is 0 Å². The number of allylic oxidation sites excluding steroid dienone is 1. The second kappa shape index (κ2) is 4.78. The lowest BCUT2D eigenvalue weighted by molar-refractivity contribution is -0.191. The Morgan fingerprint density at radius 3 is 2.56 bits per heavy atom. The number of rotatable bonds is 6. The maximum absolute atomic E-state index is 12.5. The van der Waals surface area contributed by atoms with Gasteiger partial charge >= 0.3 is 6.18 Å². The average molecular weight is 236 g/mol. The first-order valence-electron chi connectivity index (χ1n) is 4.92. The minimum atomic E-state index is -4.12. The smallest absolute Gasteiger partial charge is 0.394 e. The quantitative estimate of drug-likeness (QED) is 0.322. The van der Waals surface area contributed by atoms with Crippen molar-refractivity contribution >= 4 is 0 Å². The first-order chi connectivity index (χ1) is 7.41. The third-order valence-corrected chi connectivity index (χ3v) is 2.69. The van der Waals surface area contributed by atoms with Crippen LogP contribution >= 0.6 is 0 Å². The summed E-state index contributed by atoms with van der Waals surface area (Å²) in [5.74, 6) is 5.25. The Kier molecular flexibility index (Phi) is 3.85. The molecule has 0 aromatic rings. The van der Waals surface area contributed by atoms with Gasteiger partial charge in [0.2, 0.25) is 0 Å². The second-order valence-electron chi connectivity index (χ2n) is 3.84. The predicted octanol–water partition coefficient (Wildman–Crippen LogP) is 2.23. The molecule has 0 bridgehead atoms. The molecule has 1 aliphatic rings. The third kappa shape index (κ3) is 3.16. The van der Waals surface area contributed by atoms with Gasteiger partial charge in [0.05, 0.1) is 12.0 Å². The molecule has 0 heterocycles. The van der Waals surface area contributed by atoms with E-state index >= 15 is 0 Å². The Hall–Kier alpha value is -1.17. The van der Waals surface area contributed by atoms with Gasteiger partial charge in [-0.25, -0.2) is 0 Å². The summed E-state index contributed by atoms with van der Waals surface area (Å²) in [7, 11) is 0. The lowest BCUT2D eigenvalue weighted by Crippen LogP contribution is -2.25. The van der Waals surface area contributed by atoms with Gasteiger partial charge in [-0.3, -0.25) is 5.84 Å². The number of hydrazine groups is 1. The molecule has 0 saturated heterocycles. The Balaban J connectivity index is 2.26. The van der Waals surface area contributed by atoms with Crippen LogP contribution in [0.1, 0.15) is 19.3 Å². The minimum Gasteiger partial charge on any atom is -0.494 e. The van der Waals surface area contributed by atoms with Gasteiger partial charge in [-0.2, -0.15) is 13.2 Å². The van der Waals surface area contributed by atoms with E-state index in [0.29, 0.717) is 0 Å². The largest absolute Gasteiger partial charge is 0.494 e. The van der Waals surface area contributed by atoms with Crippen molar-refractivity contribution in [2.24, 2.45) is 11.3 Å². The summed E-state index contributed by atoms with van der Waals surface area (Å²) in [5.41, 5.74) is 0.730. The number of alkyl halides is 3. The normalized spacial score (nSPS) is 18.5. The molecule has 3 nitrogen and oxygen atoms in total. The molecule has 0 aromatic carbocycles. The highest BCUT2D eigenvalue weighted by molar-refractivity contribution is 5.06. The van der Waals surface area contributed by atoms with Crippen LogP contribution in [0.2, 0.25) is 0 Å². The van der Waals surface area contributed by atoms with Crippen LogP contribution in [-0.2, 0) is 4.74 Å². The topological polar surface area (TPSA) is 47.3 Å². The van der Waals surface area contributed by atoms with Crippen LogP contribution in [0.3, 0.4) is 0 Å². The van der Waals surface area contributed by atoms with E-state index in [1.807, 2.05) is 0 Å². The molecule has 0 amide bonds. The highest BCUT2D eigenvalue weighted by Gasteiger charge is 2.62. The summed E-state index contributed by atoms with van der Waals surface area (Å²) in [4.78, 5) is 0. The molecule has 0 atom stereocenters. The molecular weight excluding hydrogens is 221 g/mol. The van der Waals surface area contributed by atoms with Gasteiger partial charge in [-0.15, -0.1) is 0 Å². The fourth-order valence-corrected chi connectivity index (χ4v) is 1.39. The van der Waals surface area contributed by atoms with Gasteiger partial charge in [0.25, 0.3) is 0 Å². The van der Waals surface area contributed by atoms with Gasteiger partial charge in [-0.05, 0) is 25.3 Å². The third-order valence-electron chi connectivity index (χ3n) is 2.69. The highest BCUT2D eigenvalue weighted by Crippen LogP contribution is 2.59. The number of ether oxygens (including phenoxy) is 1. The number of nitrogens with two attached hydrogens (primary N) is 1. The molecule has 1 aliphatic carbocycles. The van der Waals surface area contributed by atoms with Crippen LogP contribution in [0, 0.1) is 5.41 Å². The van der Waals surface area contributed by atoms with E-state index in [-0.39, 0.29) is 31.6 Å². The molecule has 0 unspecified atom stereocenters. The van der Waals surface area contributed by atoms with Crippen LogP contribution in [0.15, 0.2) is 24.6 Å². The molecule has 0 radical (unpaired) electrons. The van der Waals surface area contributed by atoms with Crippen LogP contribution in [0.4, 0.5) is 13.2 Å². The Labute approximate surface area is 92.1 Å². The van der Waals surface area contributed by atoms with E-state index in [0.717, 1.165) is 0 Å². The number of hydrogen-bond donors (Lipinski definition) is 2. The van der Waals surface area contributed by atoms with Crippen molar-refractivity contribution in [2.45, 2.75) is 25.4 Å². The molecular formula is C10H15F3N2O. The second-order valence-corrected chi connectivity index (χ2v) is 3.84. The molecule has 16 heavy (non-hydrogen) atoms. The van der Waals surface area contributed by atoms with E-state index < -0.39 is 11.6 Å². The van der Waals surface area contributed by atoms with Crippen molar-refractivity contribution in [3.05, 3.63) is 24.6 Å². The monoisotopic (exact) mass is 236 g/mol. The maximum Gasteiger partial charge on any atom is 0.394 e. The Morgan fingerprint density at radius 2 is 2.12 bits per heavy atom. The summed E-state index contributed by atoms with van der Waals surface area (Å²) < 4.78 is 42.6. The molecule has 92 valence electrons. The van der Waals surface area contributed by atoms with Gasteiger partial charge in [-0.1, -0.05) is 6.58 Å². The van der Waals surface area contributed by atoms with Gasteiger partial charge in [0.15, 0.2) is 0 Å². The van der Waals surface area contributed by atoms with Crippen LogP contribution in [0.5, 0.6) is 0 Å². The Bertz CT molecular complexity index is 282. The van der Waals surface area contributed by atoms with Crippen molar-refractivity contribution in [3.63, 3.8) is 0 Å². The van der Waals surface area contributed by atoms with Crippen molar-refractivity contribution in [2.75, 3.05) is 6.61 Å². The lowest BCUT2D eigenvalue weighted by Gasteiger charge is -2.19. The zero-order valence-electron chi connectivity index (χ0n) is 8.81. The van der Waals surface area contributed by atoms with Gasteiger partial charge in [0.1, 0.15) is 5.76 Å². The van der Waals surface area contributed by atoms with Gasteiger partial charge in [0, 0.05) is 6.20 Å². The van der Waals surface area contributed by atoms with E-state index in [2.05, 4.69) is 12.0 Å². The zero-order chi connectivity index (χ0) is 12.2. The van der Waals surface area contributed by atoms with E-state index in [4.69, 9.17) is 10.6 Å². The Morgan fingerprint density at radius 1 is 1.50 bits per heavy atom. The molecule has 1 fully saturated rings. The molecule has 0 spiro atoms. The van der Waals surface area contributed by atoms with Crippen LogP contribution < -0.4 is 11.3 Å². The zero-order valence-corrected chi connectivity index (χ0v) is 8.81. The van der Waals surface area contributed by atoms with Crippen molar-refractivity contribution in [3.8, 4) is 0 Å². The standard InChI is InChI=1S/C10H15F3N2O/c1-8(2-6-15-14)16-7-5-9(3-4-9)10(11,12)13/h2,6,15H,1,3-5,7,14H2/b6-2-. The molecule has 1 rings (SSSR count). The number of hydrogen-bond acceptors (Lipinski definition) is 3. The van der Waals surface area contributed by atoms with Crippen molar-refractivity contribution in [1.29, 1.82) is 0 Å². The maximum atomic E-state index is 12.5. The van der Waals surface area contributed by atoms with Crippen molar-refractivity contribution in [1.82, 2.24) is 5.43 Å². The van der Waals surface area contributed by atoms with E-state index in [1.165, 1.54) is 12.3 Å². The highest BCUT2D eigenvalue weighted by atomic mass is 19.4. The van der Waals surface area contributed by atoms with Crippen molar-refractivity contribution < 1.29 is 17.9 Å². The van der Waals surface area contributed by atoms with E-state index in [9.17, 15) is 13.2 Å². The summed E-state index contributed by atoms with van der Waals surface area (Å²) in [6.07, 6.45) is -0.892. The first kappa shape index (κ1) is 12.9. The minimum absolute atomic E-state index is 0.0145. The average Bonchev–Trinajstić information content (AvgIpc) is 2.95. The summed E-state index contributed by atoms with van der Waals surface area (Å²) in [6, 6.07) is 0. The summed E-state index contributed by atoms with van der Waals surface area (Å²) in [5, 5.41) is 0. The number of nitrogens with one attached hydrogen (secondary N) is 1. The van der Waals surface area contributed by atoms with Gasteiger partial charge < -0.3 is 10.2 Å². The first-order valence-corrected chi connectivity index (χ1v) is 4.92. The lowest BCUT2D eigenvalue weighted by atomic mass is 10.0.